The number of aryl methyl sites for hydroxylation is 1. The van der Waals surface area contributed by atoms with Gasteiger partial charge in [-0.25, -0.2) is 4.79 Å². The quantitative estimate of drug-likeness (QED) is 0.313. The molecule has 0 unspecified atom stereocenters. The van der Waals surface area contributed by atoms with Gasteiger partial charge in [0.25, 0.3) is 0 Å². The number of nitrogens with zero attached hydrogens (tertiary/aromatic N) is 1. The zero-order valence-corrected chi connectivity index (χ0v) is 20.2. The fraction of sp³-hybridized carbons (Fsp3) is 0.593. The smallest absolute Gasteiger partial charge is 0.414 e. The van der Waals surface area contributed by atoms with Crippen molar-refractivity contribution < 1.29 is 14.6 Å². The number of allylic oxidation sites excluding steroid dienone is 3. The second-order valence-electron chi connectivity index (χ2n) is 9.16. The molecule has 1 aliphatic rings. The number of carbonyl (C=O) groups excluding carboxylic acids is 1. The number of rotatable bonds is 10. The Hall–Kier alpha value is -2.23. The lowest BCUT2D eigenvalue weighted by molar-refractivity contribution is 0.161. The minimum Gasteiger partial charge on any atom is -0.507 e. The predicted octanol–water partition coefficient (Wildman–Crippen LogP) is 7.37. The number of aromatic hydroxyl groups is 1. The zero-order valence-electron chi connectivity index (χ0n) is 20.2. The molecule has 0 fully saturated rings. The van der Waals surface area contributed by atoms with E-state index < -0.39 is 0 Å². The molecule has 0 heterocycles. The second kappa shape index (κ2) is 12.0. The topological polar surface area (TPSA) is 49.8 Å². The van der Waals surface area contributed by atoms with E-state index in [0.29, 0.717) is 17.9 Å². The summed E-state index contributed by atoms with van der Waals surface area (Å²) < 4.78 is 5.92. The number of ether oxygens (including phenoxy) is 1. The molecule has 1 aromatic carbocycles. The Balaban J connectivity index is 2.46. The Kier molecular flexibility index (Phi) is 9.67. The third-order valence-corrected chi connectivity index (χ3v) is 6.32. The normalized spacial score (nSPS) is 18.4. The summed E-state index contributed by atoms with van der Waals surface area (Å²) >= 11 is 0. The molecule has 1 aromatic rings. The average molecular weight is 428 g/mol. The van der Waals surface area contributed by atoms with Gasteiger partial charge in [-0.1, -0.05) is 56.9 Å². The number of hydrogen-bond donors (Lipinski definition) is 1. The van der Waals surface area contributed by atoms with Gasteiger partial charge < -0.3 is 14.7 Å². The van der Waals surface area contributed by atoms with Gasteiger partial charge in [0, 0.05) is 25.1 Å². The molecule has 0 saturated heterocycles. The van der Waals surface area contributed by atoms with Gasteiger partial charge in [0.15, 0.2) is 0 Å². The van der Waals surface area contributed by atoms with Crippen molar-refractivity contribution >= 4 is 6.09 Å². The average Bonchev–Trinajstić information content (AvgIpc) is 2.71. The van der Waals surface area contributed by atoms with Crippen LogP contribution in [-0.2, 0) is 6.42 Å². The molecule has 31 heavy (non-hydrogen) atoms. The van der Waals surface area contributed by atoms with Crippen LogP contribution < -0.4 is 4.74 Å². The summed E-state index contributed by atoms with van der Waals surface area (Å²) in [6.45, 7) is 13.3. The van der Waals surface area contributed by atoms with Crippen molar-refractivity contribution in [3.05, 3.63) is 47.1 Å². The van der Waals surface area contributed by atoms with Crippen molar-refractivity contribution in [3.63, 3.8) is 0 Å². The van der Waals surface area contributed by atoms with Gasteiger partial charge in [0.2, 0.25) is 0 Å². The van der Waals surface area contributed by atoms with Gasteiger partial charge in [-0.3, -0.25) is 0 Å². The first-order valence-electron chi connectivity index (χ1n) is 11.9. The van der Waals surface area contributed by atoms with Gasteiger partial charge in [-0.2, -0.15) is 0 Å². The van der Waals surface area contributed by atoms with Crippen molar-refractivity contribution in [2.24, 2.45) is 5.92 Å². The number of hydrogen-bond acceptors (Lipinski definition) is 3. The van der Waals surface area contributed by atoms with E-state index in [0.717, 1.165) is 62.5 Å². The zero-order chi connectivity index (χ0) is 23.0. The van der Waals surface area contributed by atoms with Crippen LogP contribution in [0.3, 0.4) is 0 Å². The predicted molar refractivity (Wildman–Crippen MR) is 129 cm³/mol. The molecule has 0 saturated carbocycles. The van der Waals surface area contributed by atoms with Crippen LogP contribution in [0.25, 0.3) is 0 Å². The number of benzene rings is 1. The standard InChI is InChI=1S/C27H41NO3/c1-7-9-11-12-21-17-24(29)26(23-16-20(5)13-14-22(23)19(3)4)25(18-21)31-27(30)28(6)15-10-8-2/h16-18,22-23,29H,3,7-15H2,1-2,4-6H3/t22-,23+/m0/s1. The molecule has 2 rings (SSSR count). The van der Waals surface area contributed by atoms with E-state index in [4.69, 9.17) is 4.74 Å². The van der Waals surface area contributed by atoms with Crippen LogP contribution in [0, 0.1) is 5.92 Å². The SMILES string of the molecule is C=C(C)[C@@H]1CCC(C)=C[C@H]1c1c(O)cc(CCCCC)cc1OC(=O)N(C)CCCC. The first-order valence-corrected chi connectivity index (χ1v) is 11.9. The maximum absolute atomic E-state index is 12.8. The Labute approximate surface area is 189 Å². The summed E-state index contributed by atoms with van der Waals surface area (Å²) in [5.41, 5.74) is 4.12. The molecular weight excluding hydrogens is 386 g/mol. The number of phenols is 1. The summed E-state index contributed by atoms with van der Waals surface area (Å²) in [6, 6.07) is 3.82. The minimum absolute atomic E-state index is 0.0420. The van der Waals surface area contributed by atoms with Crippen LogP contribution in [0.2, 0.25) is 0 Å². The van der Waals surface area contributed by atoms with E-state index in [1.165, 1.54) is 5.57 Å². The Morgan fingerprint density at radius 3 is 2.58 bits per heavy atom. The van der Waals surface area contributed by atoms with Crippen molar-refractivity contribution in [2.75, 3.05) is 13.6 Å². The van der Waals surface area contributed by atoms with Crippen LogP contribution in [0.5, 0.6) is 11.5 Å². The van der Waals surface area contributed by atoms with E-state index in [-0.39, 0.29) is 23.7 Å². The van der Waals surface area contributed by atoms with Crippen LogP contribution in [-0.4, -0.2) is 29.7 Å². The van der Waals surface area contributed by atoms with Gasteiger partial charge >= 0.3 is 6.09 Å². The summed E-state index contributed by atoms with van der Waals surface area (Å²) in [7, 11) is 1.77. The van der Waals surface area contributed by atoms with E-state index in [1.54, 1.807) is 11.9 Å². The highest BCUT2D eigenvalue weighted by Gasteiger charge is 2.31. The molecule has 172 valence electrons. The highest BCUT2D eigenvalue weighted by molar-refractivity contribution is 5.72. The molecule has 0 spiro atoms. The summed E-state index contributed by atoms with van der Waals surface area (Å²) in [6.07, 6.45) is 10.0. The van der Waals surface area contributed by atoms with Crippen LogP contribution in [0.4, 0.5) is 4.79 Å². The largest absolute Gasteiger partial charge is 0.507 e. The lowest BCUT2D eigenvalue weighted by Gasteiger charge is -2.32. The highest BCUT2D eigenvalue weighted by atomic mass is 16.6. The third-order valence-electron chi connectivity index (χ3n) is 6.32. The lowest BCUT2D eigenvalue weighted by Crippen LogP contribution is -2.31. The number of phenolic OH excluding ortho intramolecular Hbond substituents is 1. The minimum atomic E-state index is -0.372. The Morgan fingerprint density at radius 2 is 1.94 bits per heavy atom. The Morgan fingerprint density at radius 1 is 1.23 bits per heavy atom. The number of unbranched alkanes of at least 4 members (excludes halogenated alkanes) is 3. The third kappa shape index (κ3) is 6.88. The summed E-state index contributed by atoms with van der Waals surface area (Å²) in [4.78, 5) is 14.4. The fourth-order valence-electron chi connectivity index (χ4n) is 4.38. The van der Waals surface area contributed by atoms with Crippen LogP contribution in [0.15, 0.2) is 35.9 Å². The monoisotopic (exact) mass is 427 g/mol. The molecule has 0 bridgehead atoms. The molecule has 0 radical (unpaired) electrons. The molecule has 1 aliphatic carbocycles. The van der Waals surface area contributed by atoms with Gasteiger partial charge in [0.1, 0.15) is 11.5 Å². The molecule has 2 atom stereocenters. The van der Waals surface area contributed by atoms with Gasteiger partial charge in [0.05, 0.1) is 0 Å². The Bertz CT molecular complexity index is 796. The first-order chi connectivity index (χ1) is 14.8. The first kappa shape index (κ1) is 25.0. The van der Waals surface area contributed by atoms with Gasteiger partial charge in [-0.15, -0.1) is 0 Å². The van der Waals surface area contributed by atoms with E-state index in [9.17, 15) is 9.90 Å². The number of amides is 1. The molecule has 4 heteroatoms. The van der Waals surface area contributed by atoms with Gasteiger partial charge in [-0.05, 0) is 69.6 Å². The highest BCUT2D eigenvalue weighted by Crippen LogP contribution is 2.47. The second-order valence-corrected chi connectivity index (χ2v) is 9.16. The van der Waals surface area contributed by atoms with E-state index in [2.05, 4.69) is 33.4 Å². The lowest BCUT2D eigenvalue weighted by atomic mass is 9.73. The van der Waals surface area contributed by atoms with Crippen molar-refractivity contribution in [3.8, 4) is 11.5 Å². The maximum Gasteiger partial charge on any atom is 0.414 e. The summed E-state index contributed by atoms with van der Waals surface area (Å²) in [5, 5.41) is 11.1. The van der Waals surface area contributed by atoms with E-state index in [1.807, 2.05) is 19.1 Å². The molecule has 1 amide bonds. The fourth-order valence-corrected chi connectivity index (χ4v) is 4.38. The van der Waals surface area contributed by atoms with E-state index >= 15 is 0 Å². The molecule has 0 aromatic heterocycles. The molecular formula is C27H41NO3. The van der Waals surface area contributed by atoms with Crippen molar-refractivity contribution in [1.29, 1.82) is 0 Å². The maximum atomic E-state index is 12.8. The summed E-state index contributed by atoms with van der Waals surface area (Å²) in [5.74, 6) is 0.882. The van der Waals surface area contributed by atoms with Crippen LogP contribution in [0.1, 0.15) is 89.7 Å². The van der Waals surface area contributed by atoms with Crippen LogP contribution >= 0.6 is 0 Å². The molecule has 0 aliphatic heterocycles. The molecule has 4 nitrogen and oxygen atoms in total. The van der Waals surface area contributed by atoms with Crippen molar-refractivity contribution in [2.45, 2.75) is 85.0 Å². The molecule has 1 N–H and O–H groups in total. The van der Waals surface area contributed by atoms with Crippen molar-refractivity contribution in [1.82, 2.24) is 4.90 Å². The number of carbonyl (C=O) groups is 1.